The number of nitrogens with two attached hydrogens (primary N) is 1. The Morgan fingerprint density at radius 3 is 2.47 bits per heavy atom. The lowest BCUT2D eigenvalue weighted by molar-refractivity contribution is 0.579. The molecule has 100 valence electrons. The monoisotopic (exact) mass is 297 g/mol. The van der Waals surface area contributed by atoms with Gasteiger partial charge in [-0.2, -0.15) is 0 Å². The summed E-state index contributed by atoms with van der Waals surface area (Å²) in [4.78, 5) is 0. The third kappa shape index (κ3) is 3.47. The van der Waals surface area contributed by atoms with Gasteiger partial charge in [0.25, 0.3) is 0 Å². The Balaban J connectivity index is 2.20. The summed E-state index contributed by atoms with van der Waals surface area (Å²) in [6.07, 6.45) is 0.511. The highest BCUT2D eigenvalue weighted by molar-refractivity contribution is 6.42. The Kier molecular flexibility index (Phi) is 4.46. The lowest BCUT2D eigenvalue weighted by Gasteiger charge is -2.14. The van der Waals surface area contributed by atoms with Crippen molar-refractivity contribution >= 4 is 23.2 Å². The van der Waals surface area contributed by atoms with Crippen molar-refractivity contribution < 1.29 is 4.39 Å². The van der Waals surface area contributed by atoms with Gasteiger partial charge in [-0.05, 0) is 42.7 Å². The molecule has 1 atom stereocenters. The van der Waals surface area contributed by atoms with E-state index in [-0.39, 0.29) is 5.82 Å². The molecule has 2 aromatic rings. The average molecular weight is 298 g/mol. The smallest absolute Gasteiger partial charge is 0.128 e. The summed E-state index contributed by atoms with van der Waals surface area (Å²) in [6.45, 7) is 1.84. The normalized spacial score (nSPS) is 12.5. The first-order valence-corrected chi connectivity index (χ1v) is 6.68. The Labute approximate surface area is 122 Å². The van der Waals surface area contributed by atoms with Gasteiger partial charge in [0.1, 0.15) is 5.82 Å². The highest BCUT2D eigenvalue weighted by Crippen LogP contribution is 2.26. The zero-order chi connectivity index (χ0) is 14.0. The van der Waals surface area contributed by atoms with Crippen LogP contribution in [-0.4, -0.2) is 0 Å². The van der Waals surface area contributed by atoms with Crippen LogP contribution in [0.3, 0.4) is 0 Å². The van der Waals surface area contributed by atoms with Crippen molar-refractivity contribution in [1.29, 1.82) is 0 Å². The molecular formula is C15H14Cl2FN. The molecule has 0 heterocycles. The molecule has 0 spiro atoms. The van der Waals surface area contributed by atoms with E-state index in [1.807, 2.05) is 19.1 Å². The van der Waals surface area contributed by atoms with E-state index in [0.29, 0.717) is 22.0 Å². The van der Waals surface area contributed by atoms with Crippen molar-refractivity contribution in [2.75, 3.05) is 0 Å². The van der Waals surface area contributed by atoms with E-state index < -0.39 is 6.04 Å². The van der Waals surface area contributed by atoms with Gasteiger partial charge >= 0.3 is 0 Å². The molecule has 0 aliphatic rings. The summed E-state index contributed by atoms with van der Waals surface area (Å²) in [5.74, 6) is -0.271. The van der Waals surface area contributed by atoms with E-state index >= 15 is 0 Å². The molecule has 0 amide bonds. The van der Waals surface area contributed by atoms with Gasteiger partial charge in [0.15, 0.2) is 0 Å². The van der Waals surface area contributed by atoms with Gasteiger partial charge in [-0.1, -0.05) is 41.4 Å². The maximum atomic E-state index is 13.8. The quantitative estimate of drug-likeness (QED) is 0.874. The van der Waals surface area contributed by atoms with Gasteiger partial charge in [0.05, 0.1) is 10.0 Å². The first-order valence-electron chi connectivity index (χ1n) is 5.93. The fourth-order valence-corrected chi connectivity index (χ4v) is 2.28. The van der Waals surface area contributed by atoms with Crippen LogP contribution in [0.25, 0.3) is 0 Å². The van der Waals surface area contributed by atoms with E-state index in [1.54, 1.807) is 18.2 Å². The molecule has 0 saturated carbocycles. The molecule has 0 fully saturated rings. The minimum absolute atomic E-state index is 0.271. The van der Waals surface area contributed by atoms with E-state index in [2.05, 4.69) is 0 Å². The van der Waals surface area contributed by atoms with Crippen molar-refractivity contribution in [2.45, 2.75) is 19.4 Å². The molecule has 0 radical (unpaired) electrons. The Bertz CT molecular complexity index is 599. The molecule has 4 heteroatoms. The van der Waals surface area contributed by atoms with Gasteiger partial charge in [-0.15, -0.1) is 0 Å². The first kappa shape index (κ1) is 14.3. The first-order chi connectivity index (χ1) is 8.97. The van der Waals surface area contributed by atoms with Crippen LogP contribution in [0.2, 0.25) is 10.0 Å². The number of benzene rings is 2. The lowest BCUT2D eigenvalue weighted by Crippen LogP contribution is -2.15. The van der Waals surface area contributed by atoms with E-state index in [0.717, 1.165) is 11.1 Å². The van der Waals surface area contributed by atoms with Crippen LogP contribution in [-0.2, 0) is 6.42 Å². The second-order valence-electron chi connectivity index (χ2n) is 4.58. The van der Waals surface area contributed by atoms with E-state index in [9.17, 15) is 4.39 Å². The highest BCUT2D eigenvalue weighted by atomic mass is 35.5. The molecule has 2 aromatic carbocycles. The van der Waals surface area contributed by atoms with Crippen LogP contribution < -0.4 is 5.73 Å². The van der Waals surface area contributed by atoms with E-state index in [1.165, 1.54) is 6.07 Å². The highest BCUT2D eigenvalue weighted by Gasteiger charge is 2.12. The maximum Gasteiger partial charge on any atom is 0.128 e. The molecule has 1 nitrogen and oxygen atoms in total. The standard InChI is InChI=1S/C15H14Cl2FN/c1-9-2-4-11(14(18)6-9)15(19)8-10-3-5-12(16)13(17)7-10/h2-7,15H,8,19H2,1H3. The van der Waals surface area contributed by atoms with Crippen molar-refractivity contribution in [2.24, 2.45) is 5.73 Å². The van der Waals surface area contributed by atoms with Gasteiger partial charge < -0.3 is 5.73 Å². The molecule has 0 saturated heterocycles. The van der Waals surface area contributed by atoms with Crippen molar-refractivity contribution in [3.63, 3.8) is 0 Å². The summed E-state index contributed by atoms with van der Waals surface area (Å²) in [5, 5.41) is 0.983. The summed E-state index contributed by atoms with van der Waals surface area (Å²) in [7, 11) is 0. The van der Waals surface area contributed by atoms with Gasteiger partial charge in [0, 0.05) is 11.6 Å². The fraction of sp³-hybridized carbons (Fsp3) is 0.200. The largest absolute Gasteiger partial charge is 0.324 e. The molecule has 0 aliphatic heterocycles. The Hall–Kier alpha value is -1.09. The number of hydrogen-bond acceptors (Lipinski definition) is 1. The Morgan fingerprint density at radius 2 is 1.84 bits per heavy atom. The molecule has 0 bridgehead atoms. The van der Waals surface area contributed by atoms with Crippen LogP contribution in [0.4, 0.5) is 4.39 Å². The van der Waals surface area contributed by atoms with Gasteiger partial charge in [0.2, 0.25) is 0 Å². The number of hydrogen-bond donors (Lipinski definition) is 1. The van der Waals surface area contributed by atoms with Crippen LogP contribution in [0.1, 0.15) is 22.7 Å². The molecular weight excluding hydrogens is 284 g/mol. The summed E-state index contributed by atoms with van der Waals surface area (Å²) in [5.41, 5.74) is 8.37. The third-order valence-electron chi connectivity index (χ3n) is 3.00. The van der Waals surface area contributed by atoms with Crippen molar-refractivity contribution in [1.82, 2.24) is 0 Å². The predicted molar refractivity (Wildman–Crippen MR) is 78.2 cm³/mol. The number of rotatable bonds is 3. The number of aryl methyl sites for hydroxylation is 1. The topological polar surface area (TPSA) is 26.0 Å². The number of halogens is 3. The van der Waals surface area contributed by atoms with Crippen LogP contribution in [0.5, 0.6) is 0 Å². The molecule has 0 aliphatic carbocycles. The zero-order valence-electron chi connectivity index (χ0n) is 10.5. The molecule has 2 rings (SSSR count). The second-order valence-corrected chi connectivity index (χ2v) is 5.40. The summed E-state index contributed by atoms with van der Waals surface area (Å²) < 4.78 is 13.8. The van der Waals surface area contributed by atoms with Crippen LogP contribution in [0.15, 0.2) is 36.4 Å². The third-order valence-corrected chi connectivity index (χ3v) is 3.73. The predicted octanol–water partition coefficient (Wildman–Crippen LogP) is 4.68. The fourth-order valence-electron chi connectivity index (χ4n) is 1.96. The van der Waals surface area contributed by atoms with Gasteiger partial charge in [-0.3, -0.25) is 0 Å². The second kappa shape index (κ2) is 5.91. The summed E-state index contributed by atoms with van der Waals surface area (Å²) >= 11 is 11.8. The van der Waals surface area contributed by atoms with Crippen molar-refractivity contribution in [3.05, 3.63) is 69.0 Å². The molecule has 1 unspecified atom stereocenters. The maximum absolute atomic E-state index is 13.8. The van der Waals surface area contributed by atoms with Crippen LogP contribution in [0, 0.1) is 12.7 Å². The lowest BCUT2D eigenvalue weighted by atomic mass is 9.98. The summed E-state index contributed by atoms with van der Waals surface area (Å²) in [6, 6.07) is 10.00. The minimum atomic E-state index is -0.405. The van der Waals surface area contributed by atoms with Crippen molar-refractivity contribution in [3.8, 4) is 0 Å². The molecule has 0 aromatic heterocycles. The average Bonchev–Trinajstić information content (AvgIpc) is 2.33. The van der Waals surface area contributed by atoms with Crippen LogP contribution >= 0.6 is 23.2 Å². The molecule has 2 N–H and O–H groups in total. The Morgan fingerprint density at radius 1 is 1.11 bits per heavy atom. The van der Waals surface area contributed by atoms with E-state index in [4.69, 9.17) is 28.9 Å². The van der Waals surface area contributed by atoms with Gasteiger partial charge in [-0.25, -0.2) is 4.39 Å². The SMILES string of the molecule is Cc1ccc(C(N)Cc2ccc(Cl)c(Cl)c2)c(F)c1. The molecule has 19 heavy (non-hydrogen) atoms. The zero-order valence-corrected chi connectivity index (χ0v) is 12.0. The minimum Gasteiger partial charge on any atom is -0.324 e.